The number of aromatic nitrogens is 2. The van der Waals surface area contributed by atoms with E-state index in [0.29, 0.717) is 24.2 Å². The van der Waals surface area contributed by atoms with Gasteiger partial charge in [-0.05, 0) is 31.2 Å². The SMILES string of the molecule is Cc1nn(C)c(Oc2ccc(F)cc2)c1CNC(C)C. The number of nitrogens with zero attached hydrogens (tertiary/aromatic N) is 2. The average molecular weight is 277 g/mol. The fraction of sp³-hybridized carbons (Fsp3) is 0.400. The molecule has 0 saturated heterocycles. The molecule has 2 rings (SSSR count). The van der Waals surface area contributed by atoms with Crippen molar-refractivity contribution in [2.45, 2.75) is 33.4 Å². The van der Waals surface area contributed by atoms with Crippen LogP contribution in [0.15, 0.2) is 24.3 Å². The zero-order chi connectivity index (χ0) is 14.7. The van der Waals surface area contributed by atoms with Gasteiger partial charge in [-0.3, -0.25) is 0 Å². The molecular weight excluding hydrogens is 257 g/mol. The van der Waals surface area contributed by atoms with Crippen molar-refractivity contribution in [1.29, 1.82) is 0 Å². The number of halogens is 1. The van der Waals surface area contributed by atoms with Crippen LogP contribution in [-0.4, -0.2) is 15.8 Å². The van der Waals surface area contributed by atoms with E-state index in [1.165, 1.54) is 12.1 Å². The van der Waals surface area contributed by atoms with Crippen LogP contribution in [0.1, 0.15) is 25.1 Å². The molecule has 0 radical (unpaired) electrons. The Morgan fingerprint density at radius 3 is 2.55 bits per heavy atom. The largest absolute Gasteiger partial charge is 0.439 e. The molecule has 0 spiro atoms. The minimum atomic E-state index is -0.278. The van der Waals surface area contributed by atoms with Crippen molar-refractivity contribution in [3.8, 4) is 11.6 Å². The Balaban J connectivity index is 2.23. The second-order valence-corrected chi connectivity index (χ2v) is 5.08. The Kier molecular flexibility index (Phi) is 4.39. The first-order valence-corrected chi connectivity index (χ1v) is 6.66. The number of hydrogen-bond donors (Lipinski definition) is 1. The van der Waals surface area contributed by atoms with Gasteiger partial charge in [0.15, 0.2) is 0 Å². The highest BCUT2D eigenvalue weighted by Crippen LogP contribution is 2.27. The number of aryl methyl sites for hydroxylation is 2. The monoisotopic (exact) mass is 277 g/mol. The fourth-order valence-corrected chi connectivity index (χ4v) is 1.93. The molecule has 1 aromatic carbocycles. The first-order chi connectivity index (χ1) is 9.47. The molecule has 0 amide bonds. The van der Waals surface area contributed by atoms with Gasteiger partial charge in [-0.25, -0.2) is 9.07 Å². The quantitative estimate of drug-likeness (QED) is 0.912. The van der Waals surface area contributed by atoms with Crippen LogP contribution < -0.4 is 10.1 Å². The van der Waals surface area contributed by atoms with Crippen LogP contribution in [-0.2, 0) is 13.6 Å². The fourth-order valence-electron chi connectivity index (χ4n) is 1.93. The Hall–Kier alpha value is -1.88. The highest BCUT2D eigenvalue weighted by molar-refractivity contribution is 5.35. The van der Waals surface area contributed by atoms with Crippen LogP contribution >= 0.6 is 0 Å². The smallest absolute Gasteiger partial charge is 0.222 e. The summed E-state index contributed by atoms with van der Waals surface area (Å²) in [6.45, 7) is 6.82. The minimum Gasteiger partial charge on any atom is -0.439 e. The molecular formula is C15H20FN3O. The summed E-state index contributed by atoms with van der Waals surface area (Å²) in [5, 5.41) is 7.74. The molecule has 5 heteroatoms. The molecule has 0 unspecified atom stereocenters. The second-order valence-electron chi connectivity index (χ2n) is 5.08. The van der Waals surface area contributed by atoms with Gasteiger partial charge in [-0.15, -0.1) is 0 Å². The summed E-state index contributed by atoms with van der Waals surface area (Å²) in [4.78, 5) is 0. The van der Waals surface area contributed by atoms with E-state index < -0.39 is 0 Å². The van der Waals surface area contributed by atoms with Crippen LogP contribution in [0, 0.1) is 12.7 Å². The van der Waals surface area contributed by atoms with E-state index in [2.05, 4.69) is 24.3 Å². The highest BCUT2D eigenvalue weighted by Gasteiger charge is 2.15. The Morgan fingerprint density at radius 2 is 1.95 bits per heavy atom. The van der Waals surface area contributed by atoms with E-state index in [4.69, 9.17) is 4.74 Å². The van der Waals surface area contributed by atoms with E-state index >= 15 is 0 Å². The normalized spacial score (nSPS) is 11.1. The van der Waals surface area contributed by atoms with Crippen LogP contribution in [0.3, 0.4) is 0 Å². The highest BCUT2D eigenvalue weighted by atomic mass is 19.1. The van der Waals surface area contributed by atoms with Crippen molar-refractivity contribution in [3.05, 3.63) is 41.3 Å². The molecule has 108 valence electrons. The van der Waals surface area contributed by atoms with Crippen molar-refractivity contribution >= 4 is 0 Å². The summed E-state index contributed by atoms with van der Waals surface area (Å²) in [7, 11) is 1.84. The van der Waals surface area contributed by atoms with E-state index in [-0.39, 0.29) is 5.82 Å². The lowest BCUT2D eigenvalue weighted by atomic mass is 10.2. The lowest BCUT2D eigenvalue weighted by molar-refractivity contribution is 0.421. The average Bonchev–Trinajstić information content (AvgIpc) is 2.64. The van der Waals surface area contributed by atoms with Gasteiger partial charge < -0.3 is 10.1 Å². The molecule has 0 aliphatic carbocycles. The van der Waals surface area contributed by atoms with Crippen molar-refractivity contribution in [2.75, 3.05) is 0 Å². The van der Waals surface area contributed by atoms with E-state index in [0.717, 1.165) is 11.3 Å². The molecule has 4 nitrogen and oxygen atoms in total. The lowest BCUT2D eigenvalue weighted by Crippen LogP contribution is -2.22. The van der Waals surface area contributed by atoms with Gasteiger partial charge in [0, 0.05) is 19.6 Å². The van der Waals surface area contributed by atoms with Gasteiger partial charge in [0.25, 0.3) is 0 Å². The van der Waals surface area contributed by atoms with Gasteiger partial charge >= 0.3 is 0 Å². The molecule has 0 bridgehead atoms. The molecule has 1 N–H and O–H groups in total. The number of ether oxygens (including phenoxy) is 1. The van der Waals surface area contributed by atoms with Gasteiger partial charge in [0.2, 0.25) is 5.88 Å². The number of benzene rings is 1. The molecule has 2 aromatic rings. The summed E-state index contributed by atoms with van der Waals surface area (Å²) >= 11 is 0. The first kappa shape index (κ1) is 14.5. The Labute approximate surface area is 118 Å². The first-order valence-electron chi connectivity index (χ1n) is 6.66. The predicted octanol–water partition coefficient (Wildman–Crippen LogP) is 3.16. The standard InChI is InChI=1S/C15H20FN3O/c1-10(2)17-9-14-11(3)18-19(4)15(14)20-13-7-5-12(16)6-8-13/h5-8,10,17H,9H2,1-4H3. The maximum absolute atomic E-state index is 12.9. The topological polar surface area (TPSA) is 39.1 Å². The van der Waals surface area contributed by atoms with Crippen molar-refractivity contribution in [2.24, 2.45) is 7.05 Å². The van der Waals surface area contributed by atoms with Crippen LogP contribution in [0.2, 0.25) is 0 Å². The number of hydrogen-bond acceptors (Lipinski definition) is 3. The number of rotatable bonds is 5. The Morgan fingerprint density at radius 1 is 1.30 bits per heavy atom. The van der Waals surface area contributed by atoms with Gasteiger partial charge in [0.1, 0.15) is 11.6 Å². The van der Waals surface area contributed by atoms with E-state index in [9.17, 15) is 4.39 Å². The molecule has 1 aromatic heterocycles. The summed E-state index contributed by atoms with van der Waals surface area (Å²) in [5.41, 5.74) is 1.95. The van der Waals surface area contributed by atoms with E-state index in [1.807, 2.05) is 14.0 Å². The van der Waals surface area contributed by atoms with Crippen LogP contribution in [0.5, 0.6) is 11.6 Å². The maximum atomic E-state index is 12.9. The maximum Gasteiger partial charge on any atom is 0.222 e. The molecule has 0 saturated carbocycles. The van der Waals surface area contributed by atoms with Crippen molar-refractivity contribution in [1.82, 2.24) is 15.1 Å². The van der Waals surface area contributed by atoms with Crippen molar-refractivity contribution in [3.63, 3.8) is 0 Å². The molecule has 1 heterocycles. The summed E-state index contributed by atoms with van der Waals surface area (Å²) < 4.78 is 20.5. The summed E-state index contributed by atoms with van der Waals surface area (Å²) in [5.74, 6) is 1.00. The summed E-state index contributed by atoms with van der Waals surface area (Å²) in [6, 6.07) is 6.36. The third kappa shape index (κ3) is 3.36. The molecule has 0 atom stereocenters. The zero-order valence-electron chi connectivity index (χ0n) is 12.3. The van der Waals surface area contributed by atoms with Crippen molar-refractivity contribution < 1.29 is 9.13 Å². The van der Waals surface area contributed by atoms with Crippen LogP contribution in [0.25, 0.3) is 0 Å². The second kappa shape index (κ2) is 6.05. The Bertz CT molecular complexity index is 576. The number of nitrogens with one attached hydrogen (secondary N) is 1. The third-order valence-electron chi connectivity index (χ3n) is 3.00. The van der Waals surface area contributed by atoms with Gasteiger partial charge in [0.05, 0.1) is 11.3 Å². The van der Waals surface area contributed by atoms with Crippen LogP contribution in [0.4, 0.5) is 4.39 Å². The molecule has 0 aliphatic heterocycles. The molecule has 0 fully saturated rings. The molecule has 0 aliphatic rings. The molecule has 20 heavy (non-hydrogen) atoms. The van der Waals surface area contributed by atoms with E-state index in [1.54, 1.807) is 16.8 Å². The summed E-state index contributed by atoms with van der Waals surface area (Å²) in [6.07, 6.45) is 0. The zero-order valence-corrected chi connectivity index (χ0v) is 12.3. The third-order valence-corrected chi connectivity index (χ3v) is 3.00. The lowest BCUT2D eigenvalue weighted by Gasteiger charge is -2.11. The van der Waals surface area contributed by atoms with Gasteiger partial charge in [-0.2, -0.15) is 5.10 Å². The van der Waals surface area contributed by atoms with Gasteiger partial charge in [-0.1, -0.05) is 13.8 Å². The predicted molar refractivity (Wildman–Crippen MR) is 76.4 cm³/mol. The minimum absolute atomic E-state index is 0.278.